The van der Waals surface area contributed by atoms with Crippen molar-refractivity contribution in [2.45, 2.75) is 12.5 Å². The van der Waals surface area contributed by atoms with E-state index >= 15 is 0 Å². The molecule has 0 radical (unpaired) electrons. The molecule has 1 atom stereocenters. The van der Waals surface area contributed by atoms with Crippen LogP contribution in [0.15, 0.2) is 72.3 Å². The van der Waals surface area contributed by atoms with Crippen LogP contribution in [-0.2, 0) is 9.59 Å². The van der Waals surface area contributed by atoms with Gasteiger partial charge in [0.2, 0.25) is 0 Å². The summed E-state index contributed by atoms with van der Waals surface area (Å²) in [6, 6.07) is 19.1. The number of ketones is 1. The number of likely N-dealkylation sites (tertiary alicyclic amines) is 1. The fourth-order valence-corrected chi connectivity index (χ4v) is 4.24. The molecule has 0 aromatic heterocycles. The van der Waals surface area contributed by atoms with Crippen LogP contribution in [0.4, 0.5) is 0 Å². The maximum absolute atomic E-state index is 13.1. The molecule has 0 saturated carbocycles. The van der Waals surface area contributed by atoms with E-state index in [4.69, 9.17) is 0 Å². The minimum Gasteiger partial charge on any atom is -0.507 e. The monoisotopic (exact) mass is 430 g/mol. The molecule has 164 valence electrons. The average molecular weight is 431 g/mol. The second-order valence-corrected chi connectivity index (χ2v) is 8.24. The molecule has 1 aliphatic heterocycles. The van der Waals surface area contributed by atoms with Gasteiger partial charge < -0.3 is 20.0 Å². The minimum atomic E-state index is -0.742. The lowest BCUT2D eigenvalue weighted by atomic mass is 9.94. The van der Waals surface area contributed by atoms with Crippen molar-refractivity contribution < 1.29 is 19.8 Å². The predicted octanol–water partition coefficient (Wildman–Crippen LogP) is 3.92. The van der Waals surface area contributed by atoms with Crippen LogP contribution in [0.2, 0.25) is 0 Å². The van der Waals surface area contributed by atoms with E-state index in [-0.39, 0.29) is 22.6 Å². The van der Waals surface area contributed by atoms with Gasteiger partial charge in [-0.3, -0.25) is 9.59 Å². The van der Waals surface area contributed by atoms with Gasteiger partial charge in [0.25, 0.3) is 11.7 Å². The van der Waals surface area contributed by atoms with Gasteiger partial charge in [-0.05, 0) is 44.1 Å². The summed E-state index contributed by atoms with van der Waals surface area (Å²) in [5, 5.41) is 23.4. The first-order chi connectivity index (χ1) is 15.4. The number of benzene rings is 3. The van der Waals surface area contributed by atoms with Crippen molar-refractivity contribution in [1.29, 1.82) is 0 Å². The van der Waals surface area contributed by atoms with Crippen molar-refractivity contribution in [2.24, 2.45) is 0 Å². The third kappa shape index (κ3) is 3.85. The van der Waals surface area contributed by atoms with Gasteiger partial charge in [0.05, 0.1) is 17.2 Å². The molecule has 32 heavy (non-hydrogen) atoms. The SMILES string of the molecule is CN(C)CCCN1C(=O)C(=O)C(=C(O)c2ccc3ccccc3c2O)[C@H]1c1ccccc1. The van der Waals surface area contributed by atoms with Crippen LogP contribution in [0, 0.1) is 0 Å². The van der Waals surface area contributed by atoms with E-state index < -0.39 is 17.7 Å². The van der Waals surface area contributed by atoms with E-state index in [1.54, 1.807) is 24.3 Å². The molecule has 3 aromatic carbocycles. The molecule has 1 heterocycles. The van der Waals surface area contributed by atoms with E-state index in [1.165, 1.54) is 4.90 Å². The number of aromatic hydroxyl groups is 1. The second-order valence-electron chi connectivity index (χ2n) is 8.24. The average Bonchev–Trinajstić information content (AvgIpc) is 3.04. The van der Waals surface area contributed by atoms with Gasteiger partial charge in [-0.25, -0.2) is 0 Å². The van der Waals surface area contributed by atoms with Crippen molar-refractivity contribution in [1.82, 2.24) is 9.80 Å². The van der Waals surface area contributed by atoms with Gasteiger partial charge in [-0.15, -0.1) is 0 Å². The van der Waals surface area contributed by atoms with Crippen LogP contribution in [0.1, 0.15) is 23.6 Å². The number of carbonyl (C=O) groups is 2. The fourth-order valence-electron chi connectivity index (χ4n) is 4.24. The zero-order valence-electron chi connectivity index (χ0n) is 18.2. The number of aliphatic hydroxyl groups excluding tert-OH is 1. The molecule has 0 unspecified atom stereocenters. The Hall–Kier alpha value is -3.64. The Kier molecular flexibility index (Phi) is 5.97. The lowest BCUT2D eigenvalue weighted by molar-refractivity contribution is -0.139. The molecule has 1 saturated heterocycles. The number of phenolic OH excluding ortho intramolecular Hbond substituents is 1. The van der Waals surface area contributed by atoms with Crippen molar-refractivity contribution in [3.05, 3.63) is 83.4 Å². The molecule has 0 aliphatic carbocycles. The van der Waals surface area contributed by atoms with Crippen LogP contribution in [0.3, 0.4) is 0 Å². The molecular weight excluding hydrogens is 404 g/mol. The number of Topliss-reactive ketones (excluding diaryl/α,β-unsaturated/α-hetero) is 1. The molecule has 6 nitrogen and oxygen atoms in total. The summed E-state index contributed by atoms with van der Waals surface area (Å²) in [4.78, 5) is 29.6. The fraction of sp³-hybridized carbons (Fsp3) is 0.231. The van der Waals surface area contributed by atoms with Crippen LogP contribution >= 0.6 is 0 Å². The Morgan fingerprint density at radius 1 is 0.969 bits per heavy atom. The number of carbonyl (C=O) groups excluding carboxylic acids is 2. The van der Waals surface area contributed by atoms with E-state index in [1.807, 2.05) is 61.5 Å². The number of aliphatic hydroxyl groups is 1. The van der Waals surface area contributed by atoms with Gasteiger partial charge in [-0.1, -0.05) is 60.7 Å². The highest BCUT2D eigenvalue weighted by Crippen LogP contribution is 2.42. The molecule has 1 amide bonds. The van der Waals surface area contributed by atoms with Crippen LogP contribution < -0.4 is 0 Å². The van der Waals surface area contributed by atoms with Gasteiger partial charge in [-0.2, -0.15) is 0 Å². The summed E-state index contributed by atoms with van der Waals surface area (Å²) in [5.74, 6) is -1.87. The third-order valence-electron chi connectivity index (χ3n) is 5.82. The number of hydrogen-bond acceptors (Lipinski definition) is 5. The minimum absolute atomic E-state index is 0.00312. The van der Waals surface area contributed by atoms with E-state index in [0.717, 1.165) is 17.5 Å². The Morgan fingerprint density at radius 3 is 2.38 bits per heavy atom. The molecule has 4 rings (SSSR count). The maximum atomic E-state index is 13.1. The Morgan fingerprint density at radius 2 is 1.66 bits per heavy atom. The van der Waals surface area contributed by atoms with Crippen molar-refractivity contribution >= 4 is 28.2 Å². The van der Waals surface area contributed by atoms with Crippen LogP contribution in [0.25, 0.3) is 16.5 Å². The van der Waals surface area contributed by atoms with Crippen LogP contribution in [0.5, 0.6) is 5.75 Å². The Balaban J connectivity index is 1.85. The maximum Gasteiger partial charge on any atom is 0.295 e. The van der Waals surface area contributed by atoms with Crippen molar-refractivity contribution in [2.75, 3.05) is 27.2 Å². The smallest absolute Gasteiger partial charge is 0.295 e. The van der Waals surface area contributed by atoms with Crippen molar-refractivity contribution in [3.8, 4) is 5.75 Å². The number of fused-ring (bicyclic) bond motifs is 1. The van der Waals surface area contributed by atoms with Crippen molar-refractivity contribution in [3.63, 3.8) is 0 Å². The first-order valence-electron chi connectivity index (χ1n) is 10.6. The topological polar surface area (TPSA) is 81.1 Å². The summed E-state index contributed by atoms with van der Waals surface area (Å²) >= 11 is 0. The molecule has 1 fully saturated rings. The zero-order valence-corrected chi connectivity index (χ0v) is 18.2. The van der Waals surface area contributed by atoms with Gasteiger partial charge in [0.15, 0.2) is 0 Å². The summed E-state index contributed by atoms with van der Waals surface area (Å²) in [5.41, 5.74) is 0.867. The highest BCUT2D eigenvalue weighted by Gasteiger charge is 2.46. The highest BCUT2D eigenvalue weighted by molar-refractivity contribution is 6.46. The molecule has 1 aliphatic rings. The zero-order chi connectivity index (χ0) is 22.8. The van der Waals surface area contributed by atoms with Gasteiger partial charge >= 0.3 is 0 Å². The summed E-state index contributed by atoms with van der Waals surface area (Å²) in [6.07, 6.45) is 0.685. The standard InChI is InChI=1S/C26H26N2O4/c1-27(2)15-8-16-28-22(18-10-4-3-5-11-18)21(25(31)26(28)32)24(30)20-14-13-17-9-6-7-12-19(17)23(20)29/h3-7,9-14,22,29-30H,8,15-16H2,1-2H3/t22-/m1/s1. The third-order valence-corrected chi connectivity index (χ3v) is 5.82. The molecular formula is C26H26N2O4. The first-order valence-corrected chi connectivity index (χ1v) is 10.6. The van der Waals surface area contributed by atoms with E-state index in [0.29, 0.717) is 18.4 Å². The van der Waals surface area contributed by atoms with Gasteiger partial charge in [0, 0.05) is 11.9 Å². The second kappa shape index (κ2) is 8.85. The number of amides is 1. The predicted molar refractivity (Wildman–Crippen MR) is 124 cm³/mol. The molecule has 3 aromatic rings. The molecule has 0 bridgehead atoms. The van der Waals surface area contributed by atoms with Crippen LogP contribution in [-0.4, -0.2) is 58.9 Å². The summed E-state index contributed by atoms with van der Waals surface area (Å²) in [7, 11) is 3.90. The molecule has 2 N–H and O–H groups in total. The quantitative estimate of drug-likeness (QED) is 0.352. The number of nitrogens with zero attached hydrogens (tertiary/aromatic N) is 2. The van der Waals surface area contributed by atoms with E-state index in [2.05, 4.69) is 0 Å². The lowest BCUT2D eigenvalue weighted by Gasteiger charge is -2.26. The lowest BCUT2D eigenvalue weighted by Crippen LogP contribution is -2.32. The summed E-state index contributed by atoms with van der Waals surface area (Å²) in [6.45, 7) is 1.14. The molecule has 0 spiro atoms. The number of hydrogen-bond donors (Lipinski definition) is 2. The number of phenols is 1. The summed E-state index contributed by atoms with van der Waals surface area (Å²) < 4.78 is 0. The van der Waals surface area contributed by atoms with Gasteiger partial charge in [0.1, 0.15) is 11.5 Å². The Bertz CT molecular complexity index is 1200. The highest BCUT2D eigenvalue weighted by atomic mass is 16.3. The van der Waals surface area contributed by atoms with E-state index in [9.17, 15) is 19.8 Å². The number of rotatable bonds is 6. The Labute approximate surface area is 187 Å². The largest absolute Gasteiger partial charge is 0.507 e. The first kappa shape index (κ1) is 21.6. The molecule has 6 heteroatoms. The normalized spacial score (nSPS) is 18.1.